The van der Waals surface area contributed by atoms with Crippen LogP contribution in [0.4, 0.5) is 17.6 Å². The molecule has 1 N–H and O–H groups in total. The molecule has 0 aromatic rings. The van der Waals surface area contributed by atoms with Crippen LogP contribution >= 0.6 is 12.6 Å². The fourth-order valence-electron chi connectivity index (χ4n) is 4.99. The van der Waals surface area contributed by atoms with Gasteiger partial charge in [0.1, 0.15) is 0 Å². The van der Waals surface area contributed by atoms with E-state index in [1.807, 2.05) is 0 Å². The lowest BCUT2D eigenvalue weighted by molar-refractivity contribution is -0.314. The molecule has 3 aliphatic carbocycles. The number of rotatable bonds is 4. The number of aliphatic hydroxyl groups is 1. The zero-order valence-electron chi connectivity index (χ0n) is 15.0. The van der Waals surface area contributed by atoms with Crippen molar-refractivity contribution in [3.63, 3.8) is 0 Å². The highest BCUT2D eigenvalue weighted by atomic mass is 32.1. The summed E-state index contributed by atoms with van der Waals surface area (Å²) in [4.78, 5) is 0. The Bertz CT molecular complexity index is 451. The average Bonchev–Trinajstić information content (AvgIpc) is 2.63. The van der Waals surface area contributed by atoms with Crippen LogP contribution < -0.4 is 0 Å². The Kier molecular flexibility index (Phi) is 6.82. The van der Waals surface area contributed by atoms with E-state index in [1.165, 1.54) is 0 Å². The summed E-state index contributed by atoms with van der Waals surface area (Å²) in [6.07, 6.45) is -4.15. The Morgan fingerprint density at radius 3 is 1.88 bits per heavy atom. The van der Waals surface area contributed by atoms with E-state index in [2.05, 4.69) is 12.6 Å². The maximum atomic E-state index is 14.5. The van der Waals surface area contributed by atoms with Gasteiger partial charge in [0.15, 0.2) is 12.3 Å². The first-order valence-corrected chi connectivity index (χ1v) is 10.5. The number of aliphatic hydroxyl groups excluding tert-OH is 1. The number of alkyl halides is 4. The number of hydrogen-bond acceptors (Lipinski definition) is 3. The molecule has 0 heterocycles. The molecule has 2 nitrogen and oxygen atoms in total. The van der Waals surface area contributed by atoms with Gasteiger partial charge in [-0.15, -0.1) is 0 Å². The van der Waals surface area contributed by atoms with E-state index in [0.717, 1.165) is 38.5 Å². The maximum Gasteiger partial charge on any atom is 0.358 e. The summed E-state index contributed by atoms with van der Waals surface area (Å²) >= 11 is 4.51. The van der Waals surface area contributed by atoms with Gasteiger partial charge in [-0.05, 0) is 76.0 Å². The van der Waals surface area contributed by atoms with Crippen LogP contribution in [0.25, 0.3) is 0 Å². The van der Waals surface area contributed by atoms with Gasteiger partial charge in [-0.1, -0.05) is 0 Å². The van der Waals surface area contributed by atoms with E-state index in [9.17, 15) is 22.7 Å². The van der Waals surface area contributed by atoms with Crippen molar-refractivity contribution >= 4 is 12.6 Å². The molecule has 0 saturated heterocycles. The average molecular weight is 399 g/mol. The van der Waals surface area contributed by atoms with Crippen molar-refractivity contribution in [3.8, 4) is 0 Å². The molecule has 0 radical (unpaired) electrons. The van der Waals surface area contributed by atoms with Crippen molar-refractivity contribution in [2.24, 2.45) is 17.8 Å². The largest absolute Gasteiger partial charge is 0.390 e. The minimum Gasteiger partial charge on any atom is -0.390 e. The summed E-state index contributed by atoms with van der Waals surface area (Å²) in [5.74, 6) is 0.158. The van der Waals surface area contributed by atoms with Gasteiger partial charge in [0, 0.05) is 5.25 Å². The quantitative estimate of drug-likeness (QED) is 0.510. The Labute approximate surface area is 158 Å². The maximum absolute atomic E-state index is 14.5. The molecular weight excluding hydrogens is 368 g/mol. The van der Waals surface area contributed by atoms with Gasteiger partial charge >= 0.3 is 6.11 Å². The fourth-order valence-corrected chi connectivity index (χ4v) is 5.29. The first-order valence-electron chi connectivity index (χ1n) is 9.98. The number of halogens is 4. The van der Waals surface area contributed by atoms with Gasteiger partial charge in [0.05, 0.1) is 18.1 Å². The van der Waals surface area contributed by atoms with Crippen LogP contribution in [0.5, 0.6) is 0 Å². The Balaban J connectivity index is 1.50. The summed E-state index contributed by atoms with van der Waals surface area (Å²) in [5.41, 5.74) is 0. The van der Waals surface area contributed by atoms with E-state index >= 15 is 0 Å². The molecule has 4 unspecified atom stereocenters. The lowest BCUT2D eigenvalue weighted by atomic mass is 9.70. The zero-order valence-corrected chi connectivity index (χ0v) is 15.9. The topological polar surface area (TPSA) is 29.5 Å². The summed E-state index contributed by atoms with van der Waals surface area (Å²) in [7, 11) is 0. The van der Waals surface area contributed by atoms with E-state index in [4.69, 9.17) is 4.74 Å². The third-order valence-electron chi connectivity index (χ3n) is 6.74. The standard InChI is InChI=1S/C19H30F4O2S/c20-17-15(24)9-10-16(18(17)21)25-19(22,23)13-5-1-11(2-6-13)12-3-7-14(26)8-4-12/h11-18,24,26H,1-10H2. The first kappa shape index (κ1) is 20.7. The minimum atomic E-state index is -3.44. The second-order valence-electron chi connectivity index (χ2n) is 8.43. The predicted octanol–water partition coefficient (Wildman–Crippen LogP) is 5.09. The predicted molar refractivity (Wildman–Crippen MR) is 95.0 cm³/mol. The van der Waals surface area contributed by atoms with Crippen molar-refractivity contribution in [2.75, 3.05) is 0 Å². The third kappa shape index (κ3) is 4.69. The SMILES string of the molecule is OC1CCC(OC(F)(F)C2CCC(C3CCC(S)CC3)CC2)C(F)C1F. The van der Waals surface area contributed by atoms with Crippen molar-refractivity contribution in [3.05, 3.63) is 0 Å². The van der Waals surface area contributed by atoms with Crippen LogP contribution in [-0.2, 0) is 4.74 Å². The molecule has 7 heteroatoms. The van der Waals surface area contributed by atoms with Crippen molar-refractivity contribution in [1.29, 1.82) is 0 Å². The molecule has 26 heavy (non-hydrogen) atoms. The second-order valence-corrected chi connectivity index (χ2v) is 9.16. The summed E-state index contributed by atoms with van der Waals surface area (Å²) in [6, 6.07) is 0. The minimum absolute atomic E-state index is 0.0527. The number of ether oxygens (including phenoxy) is 1. The molecule has 0 bridgehead atoms. The second kappa shape index (κ2) is 8.56. The highest BCUT2D eigenvalue weighted by Gasteiger charge is 2.49. The van der Waals surface area contributed by atoms with Crippen LogP contribution in [0.2, 0.25) is 0 Å². The van der Waals surface area contributed by atoms with E-state index in [-0.39, 0.29) is 12.8 Å². The fraction of sp³-hybridized carbons (Fsp3) is 1.00. The van der Waals surface area contributed by atoms with Crippen LogP contribution in [-0.4, -0.2) is 41.0 Å². The van der Waals surface area contributed by atoms with Gasteiger partial charge in [0.25, 0.3) is 0 Å². The lowest BCUT2D eigenvalue weighted by Crippen LogP contribution is -2.49. The molecule has 0 aromatic heterocycles. The van der Waals surface area contributed by atoms with Gasteiger partial charge in [0.2, 0.25) is 0 Å². The zero-order chi connectivity index (χ0) is 18.9. The van der Waals surface area contributed by atoms with Crippen molar-refractivity contribution in [1.82, 2.24) is 0 Å². The molecule has 3 rings (SSSR count). The molecule has 0 aromatic carbocycles. The first-order chi connectivity index (χ1) is 12.3. The van der Waals surface area contributed by atoms with E-state index in [0.29, 0.717) is 29.9 Å². The molecular formula is C19H30F4O2S. The molecule has 3 aliphatic rings. The van der Waals surface area contributed by atoms with Crippen LogP contribution in [0.1, 0.15) is 64.2 Å². The third-order valence-corrected chi connectivity index (χ3v) is 7.25. The highest BCUT2D eigenvalue weighted by molar-refractivity contribution is 7.80. The van der Waals surface area contributed by atoms with Gasteiger partial charge in [-0.3, -0.25) is 0 Å². The summed E-state index contributed by atoms with van der Waals surface area (Å²) in [6.45, 7) is 0. The summed E-state index contributed by atoms with van der Waals surface area (Å²) < 4.78 is 61.3. The van der Waals surface area contributed by atoms with Gasteiger partial charge < -0.3 is 9.84 Å². The van der Waals surface area contributed by atoms with Gasteiger partial charge in [-0.2, -0.15) is 21.4 Å². The molecule has 0 amide bonds. The molecule has 3 fully saturated rings. The molecule has 3 saturated carbocycles. The van der Waals surface area contributed by atoms with Crippen molar-refractivity contribution in [2.45, 2.75) is 100 Å². The molecule has 4 atom stereocenters. The Morgan fingerprint density at radius 2 is 1.31 bits per heavy atom. The van der Waals surface area contributed by atoms with Crippen LogP contribution in [0, 0.1) is 17.8 Å². The molecule has 0 aliphatic heterocycles. The molecule has 152 valence electrons. The Hall–Kier alpha value is -0.0100. The summed E-state index contributed by atoms with van der Waals surface area (Å²) in [5, 5.41) is 9.79. The lowest BCUT2D eigenvalue weighted by Gasteiger charge is -2.40. The number of hydrogen-bond donors (Lipinski definition) is 2. The van der Waals surface area contributed by atoms with E-state index < -0.39 is 36.6 Å². The van der Waals surface area contributed by atoms with Crippen LogP contribution in [0.15, 0.2) is 0 Å². The molecule has 0 spiro atoms. The smallest absolute Gasteiger partial charge is 0.358 e. The van der Waals surface area contributed by atoms with Crippen LogP contribution in [0.3, 0.4) is 0 Å². The van der Waals surface area contributed by atoms with Crippen molar-refractivity contribution < 1.29 is 27.4 Å². The highest BCUT2D eigenvalue weighted by Crippen LogP contribution is 2.46. The Morgan fingerprint density at radius 1 is 0.769 bits per heavy atom. The monoisotopic (exact) mass is 398 g/mol. The van der Waals surface area contributed by atoms with E-state index in [1.54, 1.807) is 0 Å². The van der Waals surface area contributed by atoms with Gasteiger partial charge in [-0.25, -0.2) is 8.78 Å². The number of thiol groups is 1. The normalized spacial score (nSPS) is 45.5.